The van der Waals surface area contributed by atoms with Gasteiger partial charge in [0, 0.05) is 29.5 Å². The molecule has 1 amide bonds. The molecule has 25 heavy (non-hydrogen) atoms. The summed E-state index contributed by atoms with van der Waals surface area (Å²) in [6, 6.07) is 11.7. The summed E-state index contributed by atoms with van der Waals surface area (Å²) in [5, 5.41) is 7.17. The molecule has 1 saturated carbocycles. The van der Waals surface area contributed by atoms with Crippen molar-refractivity contribution in [3.63, 3.8) is 0 Å². The smallest absolute Gasteiger partial charge is 0.270 e. The second-order valence-corrected chi connectivity index (χ2v) is 6.94. The predicted octanol–water partition coefficient (Wildman–Crippen LogP) is 4.80. The number of hydrogen-bond donors (Lipinski definition) is 2. The van der Waals surface area contributed by atoms with Gasteiger partial charge >= 0.3 is 0 Å². The highest BCUT2D eigenvalue weighted by Gasteiger charge is 2.16. The van der Waals surface area contributed by atoms with Crippen LogP contribution in [0.5, 0.6) is 0 Å². The van der Waals surface area contributed by atoms with Gasteiger partial charge in [0.05, 0.1) is 0 Å². The molecular weight excluding hydrogens is 334 g/mol. The number of benzene rings is 1. The van der Waals surface area contributed by atoms with Crippen LogP contribution in [0.2, 0.25) is 5.02 Å². The zero-order valence-corrected chi connectivity index (χ0v) is 15.1. The molecule has 1 aromatic carbocycles. The molecular formula is C20H24ClN3O. The number of nitrogens with zero attached hydrogens (tertiary/aromatic N) is 1. The van der Waals surface area contributed by atoms with Crippen LogP contribution in [0.4, 0.5) is 5.69 Å². The van der Waals surface area contributed by atoms with Crippen LogP contribution in [0.3, 0.4) is 0 Å². The average molecular weight is 358 g/mol. The molecule has 0 unspecified atom stereocenters. The summed E-state index contributed by atoms with van der Waals surface area (Å²) in [5.74, 6) is -0.0895. The molecule has 5 heteroatoms. The van der Waals surface area contributed by atoms with Gasteiger partial charge < -0.3 is 10.6 Å². The van der Waals surface area contributed by atoms with Crippen LogP contribution in [-0.2, 0) is 6.54 Å². The van der Waals surface area contributed by atoms with Crippen molar-refractivity contribution in [1.82, 2.24) is 10.3 Å². The number of aromatic nitrogens is 1. The zero-order valence-electron chi connectivity index (χ0n) is 14.3. The molecule has 1 aromatic heterocycles. The minimum absolute atomic E-state index is 0.0895. The number of nitrogens with one attached hydrogen (secondary N) is 2. The maximum Gasteiger partial charge on any atom is 0.270 e. The molecule has 0 radical (unpaired) electrons. The Bertz CT molecular complexity index is 712. The van der Waals surface area contributed by atoms with E-state index in [2.05, 4.69) is 15.6 Å². The fourth-order valence-electron chi connectivity index (χ4n) is 3.19. The van der Waals surface area contributed by atoms with Gasteiger partial charge in [0.2, 0.25) is 0 Å². The number of carbonyl (C=O) groups excluding carboxylic acids is 1. The first kappa shape index (κ1) is 17.7. The Balaban J connectivity index is 1.60. The second kappa shape index (κ2) is 8.86. The van der Waals surface area contributed by atoms with Crippen LogP contribution in [-0.4, -0.2) is 16.9 Å². The van der Waals surface area contributed by atoms with Gasteiger partial charge in [-0.2, -0.15) is 0 Å². The van der Waals surface area contributed by atoms with Gasteiger partial charge in [-0.3, -0.25) is 9.78 Å². The topological polar surface area (TPSA) is 54.0 Å². The number of carbonyl (C=O) groups is 1. The molecule has 1 aliphatic carbocycles. The van der Waals surface area contributed by atoms with E-state index in [1.54, 1.807) is 12.3 Å². The summed E-state index contributed by atoms with van der Waals surface area (Å²) < 4.78 is 0. The van der Waals surface area contributed by atoms with Crippen molar-refractivity contribution in [2.24, 2.45) is 0 Å². The van der Waals surface area contributed by atoms with E-state index >= 15 is 0 Å². The van der Waals surface area contributed by atoms with Crippen LogP contribution in [0.15, 0.2) is 42.6 Å². The van der Waals surface area contributed by atoms with E-state index in [4.69, 9.17) is 11.6 Å². The van der Waals surface area contributed by atoms with Gasteiger partial charge in [-0.05, 0) is 36.6 Å². The van der Waals surface area contributed by atoms with Gasteiger partial charge in [-0.1, -0.05) is 55.5 Å². The molecule has 0 saturated heterocycles. The SMILES string of the molecule is O=C(NC1CCCCCC1)c1cc(NCc2ccccc2Cl)ccn1. The van der Waals surface area contributed by atoms with E-state index in [1.165, 1.54) is 25.7 Å². The van der Waals surface area contributed by atoms with Crippen LogP contribution >= 0.6 is 11.6 Å². The maximum atomic E-state index is 12.5. The summed E-state index contributed by atoms with van der Waals surface area (Å²) in [4.78, 5) is 16.7. The number of rotatable bonds is 5. The van der Waals surface area contributed by atoms with E-state index in [9.17, 15) is 4.79 Å². The summed E-state index contributed by atoms with van der Waals surface area (Å²) >= 11 is 6.18. The molecule has 1 fully saturated rings. The number of hydrogen-bond acceptors (Lipinski definition) is 3. The van der Waals surface area contributed by atoms with Crippen LogP contribution < -0.4 is 10.6 Å². The van der Waals surface area contributed by atoms with Crippen molar-refractivity contribution < 1.29 is 4.79 Å². The minimum Gasteiger partial charge on any atom is -0.381 e. The Labute approximate surface area is 154 Å². The normalized spacial score (nSPS) is 15.4. The van der Waals surface area contributed by atoms with Crippen LogP contribution in [0.25, 0.3) is 0 Å². The first-order valence-electron chi connectivity index (χ1n) is 8.96. The molecule has 0 bridgehead atoms. The molecule has 1 aliphatic rings. The lowest BCUT2D eigenvalue weighted by molar-refractivity contribution is 0.0928. The summed E-state index contributed by atoms with van der Waals surface area (Å²) in [6.07, 6.45) is 8.72. The fraction of sp³-hybridized carbons (Fsp3) is 0.400. The summed E-state index contributed by atoms with van der Waals surface area (Å²) in [5.41, 5.74) is 2.33. The van der Waals surface area contributed by atoms with E-state index < -0.39 is 0 Å². The monoisotopic (exact) mass is 357 g/mol. The van der Waals surface area contributed by atoms with Gasteiger partial charge in [0.25, 0.3) is 5.91 Å². The van der Waals surface area contributed by atoms with Crippen molar-refractivity contribution in [3.05, 3.63) is 58.9 Å². The molecule has 0 atom stereocenters. The summed E-state index contributed by atoms with van der Waals surface area (Å²) in [7, 11) is 0. The Morgan fingerprint density at radius 3 is 2.64 bits per heavy atom. The molecule has 4 nitrogen and oxygen atoms in total. The van der Waals surface area contributed by atoms with Crippen LogP contribution in [0.1, 0.15) is 54.6 Å². The molecule has 132 valence electrons. The third kappa shape index (κ3) is 5.20. The van der Waals surface area contributed by atoms with Crippen molar-refractivity contribution in [2.75, 3.05) is 5.32 Å². The minimum atomic E-state index is -0.0895. The molecule has 2 aromatic rings. The van der Waals surface area contributed by atoms with Crippen molar-refractivity contribution in [3.8, 4) is 0 Å². The largest absolute Gasteiger partial charge is 0.381 e. The van der Waals surface area contributed by atoms with E-state index in [1.807, 2.05) is 30.3 Å². The van der Waals surface area contributed by atoms with Crippen LogP contribution in [0, 0.1) is 0 Å². The van der Waals surface area contributed by atoms with Gasteiger partial charge in [-0.25, -0.2) is 0 Å². The first-order chi connectivity index (χ1) is 12.2. The van der Waals surface area contributed by atoms with E-state index in [-0.39, 0.29) is 11.9 Å². The standard InChI is InChI=1S/C20H24ClN3O/c21-18-10-6-5-7-15(18)14-23-17-11-12-22-19(13-17)20(25)24-16-8-3-1-2-4-9-16/h5-7,10-13,16H,1-4,8-9,14H2,(H,22,23)(H,24,25). The Morgan fingerprint density at radius 2 is 1.88 bits per heavy atom. The lowest BCUT2D eigenvalue weighted by atomic mass is 10.1. The second-order valence-electron chi connectivity index (χ2n) is 6.54. The Morgan fingerprint density at radius 1 is 1.12 bits per heavy atom. The molecule has 1 heterocycles. The highest BCUT2D eigenvalue weighted by molar-refractivity contribution is 6.31. The third-order valence-corrected chi connectivity index (χ3v) is 4.99. The van der Waals surface area contributed by atoms with Crippen molar-refractivity contribution in [2.45, 2.75) is 51.1 Å². The van der Waals surface area contributed by atoms with Gasteiger partial charge in [0.15, 0.2) is 0 Å². The van der Waals surface area contributed by atoms with E-state index in [0.29, 0.717) is 12.2 Å². The number of anilines is 1. The average Bonchev–Trinajstić information content (AvgIpc) is 2.90. The van der Waals surface area contributed by atoms with E-state index in [0.717, 1.165) is 29.1 Å². The quantitative estimate of drug-likeness (QED) is 0.756. The summed E-state index contributed by atoms with van der Waals surface area (Å²) in [6.45, 7) is 0.605. The molecule has 3 rings (SSSR count). The lowest BCUT2D eigenvalue weighted by Crippen LogP contribution is -2.34. The fourth-order valence-corrected chi connectivity index (χ4v) is 3.39. The first-order valence-corrected chi connectivity index (χ1v) is 9.34. The van der Waals surface area contributed by atoms with Gasteiger partial charge in [0.1, 0.15) is 5.69 Å². The molecule has 2 N–H and O–H groups in total. The number of halogens is 1. The zero-order chi connectivity index (χ0) is 17.5. The Kier molecular flexibility index (Phi) is 6.29. The Hall–Kier alpha value is -2.07. The predicted molar refractivity (Wildman–Crippen MR) is 102 cm³/mol. The van der Waals surface area contributed by atoms with Crippen molar-refractivity contribution in [1.29, 1.82) is 0 Å². The lowest BCUT2D eigenvalue weighted by Gasteiger charge is -2.16. The maximum absolute atomic E-state index is 12.5. The van der Waals surface area contributed by atoms with Crippen molar-refractivity contribution >= 4 is 23.2 Å². The molecule has 0 spiro atoms. The molecule has 0 aliphatic heterocycles. The third-order valence-electron chi connectivity index (χ3n) is 4.62. The number of amides is 1. The number of pyridine rings is 1. The highest BCUT2D eigenvalue weighted by atomic mass is 35.5. The highest BCUT2D eigenvalue weighted by Crippen LogP contribution is 2.19. The van der Waals surface area contributed by atoms with Gasteiger partial charge in [-0.15, -0.1) is 0 Å².